The van der Waals surface area contributed by atoms with Crippen LogP contribution in [0.1, 0.15) is 51.4 Å². The number of nitrogens with one attached hydrogen (secondary N) is 4. The van der Waals surface area contributed by atoms with E-state index in [9.17, 15) is 22.8 Å². The second-order valence-corrected chi connectivity index (χ2v) is 11.6. The van der Waals surface area contributed by atoms with E-state index >= 15 is 0 Å². The van der Waals surface area contributed by atoms with Gasteiger partial charge in [0, 0.05) is 11.4 Å². The molecular weight excluding hydrogens is 488 g/mol. The Kier molecular flexibility index (Phi) is 7.76. The van der Waals surface area contributed by atoms with Gasteiger partial charge in [-0.2, -0.15) is 18.0 Å². The first-order valence-electron chi connectivity index (χ1n) is 11.2. The van der Waals surface area contributed by atoms with Crippen LogP contribution in [0.3, 0.4) is 0 Å². The number of fused-ring (bicyclic) bond motifs is 1. The predicted octanol–water partition coefficient (Wildman–Crippen LogP) is 3.44. The molecule has 0 aromatic carbocycles. The summed E-state index contributed by atoms with van der Waals surface area (Å²) in [7, 11) is 0. The Hall–Kier alpha value is -0.420. The lowest BCUT2D eigenvalue weighted by Crippen LogP contribution is -2.55. The molecule has 4 fully saturated rings. The summed E-state index contributed by atoms with van der Waals surface area (Å²) in [6.45, 7) is 0. The van der Waals surface area contributed by atoms with Crippen molar-refractivity contribution in [3.8, 4) is 0 Å². The number of hydrogen-bond donors (Lipinski definition) is 4. The highest BCUT2D eigenvalue weighted by Gasteiger charge is 2.50. The molecular formula is C20H29Cl2F3N4O2S. The van der Waals surface area contributed by atoms with Crippen LogP contribution in [0.15, 0.2) is 0 Å². The zero-order valence-electron chi connectivity index (χ0n) is 17.5. The average molecular weight is 517 g/mol. The van der Waals surface area contributed by atoms with E-state index in [1.165, 1.54) is 0 Å². The predicted molar refractivity (Wildman–Crippen MR) is 118 cm³/mol. The van der Waals surface area contributed by atoms with Gasteiger partial charge in [-0.15, -0.1) is 23.2 Å². The minimum atomic E-state index is -4.43. The van der Waals surface area contributed by atoms with Gasteiger partial charge < -0.3 is 10.6 Å². The van der Waals surface area contributed by atoms with Crippen LogP contribution in [-0.4, -0.2) is 46.2 Å². The van der Waals surface area contributed by atoms with Gasteiger partial charge in [-0.25, -0.2) is 5.43 Å². The first kappa shape index (κ1) is 24.7. The average Bonchev–Trinajstić information content (AvgIpc) is 3.33. The van der Waals surface area contributed by atoms with Gasteiger partial charge in [0.2, 0.25) is 11.8 Å². The summed E-state index contributed by atoms with van der Waals surface area (Å²) in [5.74, 6) is -2.30. The van der Waals surface area contributed by atoms with Gasteiger partial charge in [-0.3, -0.25) is 9.59 Å². The maximum atomic E-state index is 13.2. The second kappa shape index (κ2) is 10.1. The minimum absolute atomic E-state index is 0.0678. The van der Waals surface area contributed by atoms with E-state index in [4.69, 9.17) is 23.2 Å². The Morgan fingerprint density at radius 2 is 1.69 bits per heavy atom. The summed E-state index contributed by atoms with van der Waals surface area (Å²) in [4.78, 5) is 28.5. The number of carbonyl (C=O) groups is 2. The molecule has 32 heavy (non-hydrogen) atoms. The van der Waals surface area contributed by atoms with Crippen molar-refractivity contribution in [1.82, 2.24) is 20.9 Å². The molecule has 9 unspecified atom stereocenters. The van der Waals surface area contributed by atoms with Crippen LogP contribution >= 0.6 is 35.1 Å². The largest absolute Gasteiger partial charge is 0.393 e. The van der Waals surface area contributed by atoms with Gasteiger partial charge in [0.1, 0.15) is 11.4 Å². The Morgan fingerprint density at radius 1 is 0.938 bits per heavy atom. The van der Waals surface area contributed by atoms with Crippen LogP contribution in [0.4, 0.5) is 13.2 Å². The highest BCUT2D eigenvalue weighted by atomic mass is 35.5. The molecule has 0 aromatic heterocycles. The van der Waals surface area contributed by atoms with E-state index in [0.717, 1.165) is 44.1 Å². The fraction of sp³-hybridized carbons (Fsp3) is 0.900. The quantitative estimate of drug-likeness (QED) is 0.340. The SMILES string of the molecule is O=C(NC1SNNC1C(=O)NC1CC2CCC(Cl)CC2C1)C1CCCC(C(F)(F)F)C1Cl. The molecule has 3 saturated carbocycles. The molecule has 2 amide bonds. The van der Waals surface area contributed by atoms with Crippen molar-refractivity contribution in [1.29, 1.82) is 0 Å². The van der Waals surface area contributed by atoms with Crippen LogP contribution in [-0.2, 0) is 9.59 Å². The van der Waals surface area contributed by atoms with E-state index < -0.39 is 40.7 Å². The molecule has 0 bridgehead atoms. The lowest BCUT2D eigenvalue weighted by atomic mass is 9.80. The molecule has 4 N–H and O–H groups in total. The van der Waals surface area contributed by atoms with Gasteiger partial charge in [0.05, 0.1) is 17.2 Å². The van der Waals surface area contributed by atoms with Gasteiger partial charge >= 0.3 is 6.18 Å². The molecule has 1 saturated heterocycles. The van der Waals surface area contributed by atoms with Crippen molar-refractivity contribution in [3.63, 3.8) is 0 Å². The van der Waals surface area contributed by atoms with E-state index in [2.05, 4.69) is 20.9 Å². The fourth-order valence-electron chi connectivity index (χ4n) is 5.75. The Labute approximate surface area is 200 Å². The molecule has 9 atom stereocenters. The Bertz CT molecular complexity index is 719. The number of amides is 2. The third-order valence-corrected chi connectivity index (χ3v) is 9.31. The highest BCUT2D eigenvalue weighted by molar-refractivity contribution is 7.98. The smallest absolute Gasteiger partial charge is 0.352 e. The lowest BCUT2D eigenvalue weighted by Gasteiger charge is -2.35. The summed E-state index contributed by atoms with van der Waals surface area (Å²) in [6, 6.07) is -0.663. The number of hydrogen-bond acceptors (Lipinski definition) is 5. The molecule has 1 aliphatic heterocycles. The summed E-state index contributed by atoms with van der Waals surface area (Å²) in [5, 5.41) is 4.08. The van der Waals surface area contributed by atoms with E-state index in [0.29, 0.717) is 18.3 Å². The van der Waals surface area contributed by atoms with Gasteiger partial charge in [-0.1, -0.05) is 6.42 Å². The Morgan fingerprint density at radius 3 is 2.44 bits per heavy atom. The highest BCUT2D eigenvalue weighted by Crippen LogP contribution is 2.44. The van der Waals surface area contributed by atoms with E-state index in [-0.39, 0.29) is 30.2 Å². The molecule has 182 valence electrons. The fourth-order valence-corrected chi connectivity index (χ4v) is 7.44. The summed E-state index contributed by atoms with van der Waals surface area (Å²) >= 11 is 13.5. The van der Waals surface area contributed by atoms with Crippen LogP contribution in [0, 0.1) is 23.7 Å². The molecule has 0 radical (unpaired) electrons. The van der Waals surface area contributed by atoms with Crippen molar-refractivity contribution in [3.05, 3.63) is 0 Å². The topological polar surface area (TPSA) is 82.3 Å². The molecule has 3 aliphatic carbocycles. The Balaban J connectivity index is 1.31. The number of alkyl halides is 5. The second-order valence-electron chi connectivity index (χ2n) is 9.51. The molecule has 6 nitrogen and oxygen atoms in total. The van der Waals surface area contributed by atoms with Crippen molar-refractivity contribution < 1.29 is 22.8 Å². The van der Waals surface area contributed by atoms with Crippen molar-refractivity contribution in [2.45, 2.75) is 85.8 Å². The molecule has 1 heterocycles. The van der Waals surface area contributed by atoms with Crippen molar-refractivity contribution in [2.24, 2.45) is 23.7 Å². The zero-order valence-corrected chi connectivity index (χ0v) is 19.8. The number of carbonyl (C=O) groups excluding carboxylic acids is 2. The maximum Gasteiger partial charge on any atom is 0.393 e. The minimum Gasteiger partial charge on any atom is -0.352 e. The number of rotatable bonds is 4. The summed E-state index contributed by atoms with van der Waals surface area (Å²) in [6.07, 6.45) is 1.00. The first-order valence-corrected chi connectivity index (χ1v) is 13.0. The van der Waals surface area contributed by atoms with Crippen LogP contribution in [0.2, 0.25) is 0 Å². The van der Waals surface area contributed by atoms with Crippen LogP contribution < -0.4 is 20.9 Å². The zero-order chi connectivity index (χ0) is 23.0. The number of hydrazine groups is 1. The normalized spacial score (nSPS) is 42.3. The van der Waals surface area contributed by atoms with E-state index in [1.807, 2.05) is 0 Å². The van der Waals surface area contributed by atoms with Gasteiger partial charge in [0.15, 0.2) is 0 Å². The van der Waals surface area contributed by atoms with Gasteiger partial charge in [0.25, 0.3) is 0 Å². The maximum absolute atomic E-state index is 13.2. The standard InChI is InChI=1S/C20H29Cl2F3N4O2S/c21-11-5-4-9-7-12(8-10(9)6-11)26-18(31)16-19(32-29-28-16)27-17(30)13-2-1-3-14(15(13)22)20(23,24)25/h9-16,19,28-29H,1-8H2,(H,26,31)(H,27,30). The third kappa shape index (κ3) is 5.45. The van der Waals surface area contributed by atoms with Crippen molar-refractivity contribution >= 4 is 47.0 Å². The molecule has 4 aliphatic rings. The van der Waals surface area contributed by atoms with Crippen molar-refractivity contribution in [2.75, 3.05) is 0 Å². The molecule has 0 spiro atoms. The lowest BCUT2D eigenvalue weighted by molar-refractivity contribution is -0.184. The molecule has 4 rings (SSSR count). The monoisotopic (exact) mass is 516 g/mol. The van der Waals surface area contributed by atoms with Crippen LogP contribution in [0.25, 0.3) is 0 Å². The summed E-state index contributed by atoms with van der Waals surface area (Å²) in [5.41, 5.74) is 2.85. The summed E-state index contributed by atoms with van der Waals surface area (Å²) < 4.78 is 39.7. The molecule has 12 heteroatoms. The molecule has 0 aromatic rings. The van der Waals surface area contributed by atoms with E-state index in [1.54, 1.807) is 0 Å². The number of halogens is 5. The first-order chi connectivity index (χ1) is 15.1. The van der Waals surface area contributed by atoms with Gasteiger partial charge in [-0.05, 0) is 68.7 Å². The van der Waals surface area contributed by atoms with Crippen LogP contribution in [0.5, 0.6) is 0 Å². The third-order valence-electron chi connectivity index (χ3n) is 7.42.